The monoisotopic (exact) mass is 617 g/mol. The molecule has 0 fully saturated rings. The van der Waals surface area contributed by atoms with Crippen molar-refractivity contribution in [2.75, 3.05) is 6.61 Å². The molecule has 0 saturated carbocycles. The summed E-state index contributed by atoms with van der Waals surface area (Å²) >= 11 is 0. The van der Waals surface area contributed by atoms with Gasteiger partial charge in [-0.2, -0.15) is 0 Å². The number of nitrogens with two attached hydrogens (primary N) is 1. The number of fused-ring (bicyclic) bond motifs is 2. The van der Waals surface area contributed by atoms with Crippen molar-refractivity contribution in [1.29, 1.82) is 5.41 Å². The Bertz CT molecular complexity index is 1700. The predicted octanol–water partition coefficient (Wildman–Crippen LogP) is 3.29. The summed E-state index contributed by atoms with van der Waals surface area (Å²) in [4.78, 5) is 63.8. The third-order valence-electron chi connectivity index (χ3n) is 7.06. The van der Waals surface area contributed by atoms with Gasteiger partial charge in [0.25, 0.3) is 5.91 Å². The molecule has 3 aromatic rings. The summed E-state index contributed by atoms with van der Waals surface area (Å²) in [5.41, 5.74) is 7.73. The molecule has 234 valence electrons. The van der Waals surface area contributed by atoms with E-state index in [1.807, 2.05) is 0 Å². The van der Waals surface area contributed by atoms with Crippen LogP contribution < -0.4 is 15.2 Å². The van der Waals surface area contributed by atoms with Gasteiger partial charge < -0.3 is 35.4 Å². The number of amidine groups is 1. The van der Waals surface area contributed by atoms with Gasteiger partial charge in [-0.25, -0.2) is 14.4 Å². The topological polar surface area (TPSA) is 218 Å². The molecular formula is C32H31N3O10. The largest absolute Gasteiger partial charge is 0.489 e. The predicted molar refractivity (Wildman–Crippen MR) is 159 cm³/mol. The first-order chi connectivity index (χ1) is 21.3. The number of para-hydroxylation sites is 1. The minimum atomic E-state index is -1.84. The standard InChI is InChI=1S/C32H31N3O10/c1-17-10-19(13-21(11-17)30(39)40)16-35(24(31(41)42)15-27(36)37)29(38)23-5-2-6-25-28(23)44-9-3-4-20-12-18(14-26(33)34)7-8-22(20)32(43)45-25/h2,5-8,10-13,24H,3-4,9,14-16H2,1H3,(H3,33,34)(H,36,37)(H,39,40)(H,41,42)/t24-/m0/s1. The highest BCUT2D eigenvalue weighted by molar-refractivity contribution is 6.01. The second-order valence-electron chi connectivity index (χ2n) is 10.6. The van der Waals surface area contributed by atoms with Gasteiger partial charge in [0, 0.05) is 13.0 Å². The Morgan fingerprint density at radius 2 is 1.78 bits per heavy atom. The number of ether oxygens (including phenoxy) is 2. The van der Waals surface area contributed by atoms with Crippen LogP contribution in [0.4, 0.5) is 0 Å². The molecule has 0 radical (unpaired) electrons. The van der Waals surface area contributed by atoms with Crippen molar-refractivity contribution in [1.82, 2.24) is 4.90 Å². The van der Waals surface area contributed by atoms with Gasteiger partial charge in [0.15, 0.2) is 11.5 Å². The Morgan fingerprint density at radius 3 is 2.44 bits per heavy atom. The Balaban J connectivity index is 1.76. The molecule has 3 aromatic carbocycles. The van der Waals surface area contributed by atoms with Crippen LogP contribution in [0.2, 0.25) is 0 Å². The molecular weight excluding hydrogens is 586 g/mol. The maximum atomic E-state index is 14.1. The third-order valence-corrected chi connectivity index (χ3v) is 7.06. The Morgan fingerprint density at radius 1 is 1.02 bits per heavy atom. The number of esters is 1. The maximum Gasteiger partial charge on any atom is 0.343 e. The van der Waals surface area contributed by atoms with Crippen LogP contribution in [0.1, 0.15) is 66.2 Å². The second-order valence-corrected chi connectivity index (χ2v) is 10.6. The summed E-state index contributed by atoms with van der Waals surface area (Å²) in [7, 11) is 0. The van der Waals surface area contributed by atoms with E-state index in [0.717, 1.165) is 10.5 Å². The fourth-order valence-electron chi connectivity index (χ4n) is 5.14. The molecule has 0 spiro atoms. The zero-order chi connectivity index (χ0) is 32.8. The van der Waals surface area contributed by atoms with E-state index in [-0.39, 0.29) is 52.6 Å². The summed E-state index contributed by atoms with van der Waals surface area (Å²) < 4.78 is 11.6. The van der Waals surface area contributed by atoms with E-state index in [4.69, 9.17) is 20.6 Å². The average molecular weight is 618 g/mol. The van der Waals surface area contributed by atoms with Crippen LogP contribution in [0.25, 0.3) is 0 Å². The number of aliphatic carboxylic acids is 2. The average Bonchev–Trinajstić information content (AvgIpc) is 2.96. The molecule has 0 bridgehead atoms. The number of benzene rings is 3. The quantitative estimate of drug-likeness (QED) is 0.0962. The number of carbonyl (C=O) groups excluding carboxylic acids is 2. The third kappa shape index (κ3) is 7.82. The summed E-state index contributed by atoms with van der Waals surface area (Å²) in [5, 5.41) is 36.5. The highest BCUT2D eigenvalue weighted by Gasteiger charge is 2.35. The highest BCUT2D eigenvalue weighted by Crippen LogP contribution is 2.35. The minimum Gasteiger partial charge on any atom is -0.489 e. The van der Waals surface area contributed by atoms with Crippen molar-refractivity contribution >= 4 is 35.6 Å². The van der Waals surface area contributed by atoms with E-state index in [9.17, 15) is 39.3 Å². The number of carboxylic acid groups (broad SMARTS) is 3. The Kier molecular flexibility index (Phi) is 9.81. The lowest BCUT2D eigenvalue weighted by Gasteiger charge is -2.29. The molecule has 0 aromatic heterocycles. The normalized spacial score (nSPS) is 13.2. The summed E-state index contributed by atoms with van der Waals surface area (Å²) in [6.07, 6.45) is 0.0786. The van der Waals surface area contributed by atoms with Crippen molar-refractivity contribution in [2.24, 2.45) is 5.73 Å². The number of carboxylic acids is 3. The van der Waals surface area contributed by atoms with Gasteiger partial charge in [0.05, 0.1) is 35.6 Å². The van der Waals surface area contributed by atoms with Crippen molar-refractivity contribution < 1.29 is 48.8 Å². The van der Waals surface area contributed by atoms with Crippen LogP contribution in [-0.2, 0) is 29.0 Å². The number of nitrogens with one attached hydrogen (secondary N) is 1. The first-order valence-corrected chi connectivity index (χ1v) is 13.9. The van der Waals surface area contributed by atoms with E-state index in [2.05, 4.69) is 0 Å². The SMILES string of the molecule is Cc1cc(CN(C(=O)c2cccc3c2OCCCc2cc(CC(=N)N)ccc2C(=O)O3)[C@@H](CC(=O)O)C(=O)O)cc(C(=O)O)c1. The lowest BCUT2D eigenvalue weighted by atomic mass is 9.98. The smallest absolute Gasteiger partial charge is 0.343 e. The molecule has 6 N–H and O–H groups in total. The van der Waals surface area contributed by atoms with Gasteiger partial charge >= 0.3 is 23.9 Å². The van der Waals surface area contributed by atoms with Crippen LogP contribution in [-0.4, -0.2) is 68.5 Å². The van der Waals surface area contributed by atoms with E-state index in [1.54, 1.807) is 31.2 Å². The van der Waals surface area contributed by atoms with Crippen LogP contribution >= 0.6 is 0 Å². The van der Waals surface area contributed by atoms with E-state index in [1.165, 1.54) is 30.3 Å². The van der Waals surface area contributed by atoms with E-state index in [0.29, 0.717) is 24.0 Å². The molecule has 1 amide bonds. The summed E-state index contributed by atoms with van der Waals surface area (Å²) in [5.74, 6) is -6.23. The van der Waals surface area contributed by atoms with Gasteiger partial charge in [-0.3, -0.25) is 15.0 Å². The van der Waals surface area contributed by atoms with Crippen molar-refractivity contribution in [3.8, 4) is 11.5 Å². The van der Waals surface area contributed by atoms with Crippen LogP contribution in [0.5, 0.6) is 11.5 Å². The number of hydrogen-bond acceptors (Lipinski definition) is 8. The lowest BCUT2D eigenvalue weighted by molar-refractivity contribution is -0.149. The summed E-state index contributed by atoms with van der Waals surface area (Å²) in [6, 6.07) is 11.6. The molecule has 1 heterocycles. The molecule has 0 unspecified atom stereocenters. The van der Waals surface area contributed by atoms with Crippen molar-refractivity contribution in [3.63, 3.8) is 0 Å². The number of aromatic carboxylic acids is 1. The first kappa shape index (κ1) is 32.2. The van der Waals surface area contributed by atoms with Crippen molar-refractivity contribution in [2.45, 2.75) is 45.2 Å². The number of nitrogens with zero attached hydrogens (tertiary/aromatic N) is 1. The fraction of sp³-hybridized carbons (Fsp3) is 0.250. The van der Waals surface area contributed by atoms with Gasteiger partial charge in [-0.15, -0.1) is 0 Å². The minimum absolute atomic E-state index is 0.0286. The van der Waals surface area contributed by atoms with Gasteiger partial charge in [-0.1, -0.05) is 24.3 Å². The number of amides is 1. The van der Waals surface area contributed by atoms with Crippen LogP contribution in [0, 0.1) is 12.3 Å². The zero-order valence-corrected chi connectivity index (χ0v) is 24.2. The lowest BCUT2D eigenvalue weighted by Crippen LogP contribution is -2.46. The van der Waals surface area contributed by atoms with Gasteiger partial charge in [0.2, 0.25) is 0 Å². The van der Waals surface area contributed by atoms with Gasteiger partial charge in [0.1, 0.15) is 6.04 Å². The van der Waals surface area contributed by atoms with Crippen LogP contribution in [0.3, 0.4) is 0 Å². The fourth-order valence-corrected chi connectivity index (χ4v) is 5.14. The molecule has 1 aliphatic heterocycles. The van der Waals surface area contributed by atoms with Crippen LogP contribution in [0.15, 0.2) is 54.6 Å². The highest BCUT2D eigenvalue weighted by atomic mass is 16.6. The molecule has 1 aliphatic rings. The Hall–Kier alpha value is -5.72. The van der Waals surface area contributed by atoms with E-state index >= 15 is 0 Å². The number of hydrogen-bond donors (Lipinski definition) is 5. The number of carbonyl (C=O) groups is 5. The maximum absolute atomic E-state index is 14.1. The second kappa shape index (κ2) is 13.7. The molecule has 13 nitrogen and oxygen atoms in total. The molecule has 45 heavy (non-hydrogen) atoms. The molecule has 13 heteroatoms. The van der Waals surface area contributed by atoms with E-state index < -0.39 is 48.8 Å². The first-order valence-electron chi connectivity index (χ1n) is 13.9. The Labute approximate surface area is 257 Å². The molecule has 0 aliphatic carbocycles. The zero-order valence-electron chi connectivity index (χ0n) is 24.2. The molecule has 0 saturated heterocycles. The summed E-state index contributed by atoms with van der Waals surface area (Å²) in [6.45, 7) is 1.26. The molecule has 1 atom stereocenters. The number of rotatable bonds is 10. The van der Waals surface area contributed by atoms with Crippen molar-refractivity contribution in [3.05, 3.63) is 93.5 Å². The molecule has 4 rings (SSSR count). The van der Waals surface area contributed by atoms with Gasteiger partial charge in [-0.05, 0) is 72.4 Å². The number of aryl methyl sites for hydroxylation is 2.